The van der Waals surface area contributed by atoms with Crippen molar-refractivity contribution in [2.24, 2.45) is 17.6 Å². The molecular weight excluding hydrogens is 306 g/mol. The Morgan fingerprint density at radius 2 is 2.00 bits per heavy atom. The van der Waals surface area contributed by atoms with Gasteiger partial charge in [-0.05, 0) is 31.1 Å². The van der Waals surface area contributed by atoms with Gasteiger partial charge in [0.2, 0.25) is 5.91 Å². The van der Waals surface area contributed by atoms with Crippen LogP contribution < -0.4 is 11.1 Å². The van der Waals surface area contributed by atoms with Crippen LogP contribution >= 0.6 is 12.6 Å². The quantitative estimate of drug-likeness (QED) is 0.623. The van der Waals surface area contributed by atoms with Crippen LogP contribution in [0.4, 0.5) is 0 Å². The molecule has 1 amide bonds. The molecule has 0 bridgehead atoms. The van der Waals surface area contributed by atoms with Gasteiger partial charge in [-0.1, -0.05) is 39.5 Å². The molecule has 5 heteroatoms. The number of nitrogens with one attached hydrogen (secondary N) is 1. The lowest BCUT2D eigenvalue weighted by atomic mass is 9.88. The molecule has 1 heterocycles. The molecule has 0 radical (unpaired) electrons. The number of hydrogen-bond acceptors (Lipinski definition) is 4. The molecule has 1 aliphatic heterocycles. The van der Waals surface area contributed by atoms with E-state index in [1.165, 1.54) is 32.1 Å². The molecule has 4 nitrogen and oxygen atoms in total. The molecule has 1 saturated heterocycles. The highest BCUT2D eigenvalue weighted by atomic mass is 32.1. The minimum atomic E-state index is -0.364. The van der Waals surface area contributed by atoms with Crippen LogP contribution in [0.25, 0.3) is 0 Å². The summed E-state index contributed by atoms with van der Waals surface area (Å²) in [4.78, 5) is 15.0. The lowest BCUT2D eigenvalue weighted by Gasteiger charge is -2.34. The molecule has 1 saturated carbocycles. The Balaban J connectivity index is 1.98. The molecule has 4 atom stereocenters. The maximum Gasteiger partial charge on any atom is 0.239 e. The van der Waals surface area contributed by atoms with Crippen LogP contribution in [0.3, 0.4) is 0 Å². The Labute approximate surface area is 147 Å². The monoisotopic (exact) mass is 341 g/mol. The fourth-order valence-corrected chi connectivity index (χ4v) is 4.21. The van der Waals surface area contributed by atoms with E-state index in [1.54, 1.807) is 0 Å². The largest absolute Gasteiger partial charge is 0.340 e. The van der Waals surface area contributed by atoms with Gasteiger partial charge >= 0.3 is 0 Å². The van der Waals surface area contributed by atoms with E-state index in [0.29, 0.717) is 17.2 Å². The molecule has 3 N–H and O–H groups in total. The van der Waals surface area contributed by atoms with Gasteiger partial charge in [0.05, 0.1) is 6.04 Å². The summed E-state index contributed by atoms with van der Waals surface area (Å²) in [5.74, 6) is 1.05. The van der Waals surface area contributed by atoms with Crippen LogP contribution in [0.15, 0.2) is 0 Å². The van der Waals surface area contributed by atoms with Crippen molar-refractivity contribution >= 4 is 18.5 Å². The second kappa shape index (κ2) is 9.28. The molecule has 23 heavy (non-hydrogen) atoms. The first-order valence-electron chi connectivity index (χ1n) is 9.47. The Hall–Kier alpha value is -0.260. The Kier molecular flexibility index (Phi) is 7.70. The van der Waals surface area contributed by atoms with Crippen LogP contribution in [0.5, 0.6) is 0 Å². The van der Waals surface area contributed by atoms with Crippen molar-refractivity contribution in [2.45, 2.75) is 76.1 Å². The predicted molar refractivity (Wildman–Crippen MR) is 99.8 cm³/mol. The van der Waals surface area contributed by atoms with Crippen molar-refractivity contribution in [2.75, 3.05) is 19.6 Å². The molecule has 2 fully saturated rings. The summed E-state index contributed by atoms with van der Waals surface area (Å²) in [5.41, 5.74) is 6.25. The van der Waals surface area contributed by atoms with Crippen molar-refractivity contribution < 1.29 is 4.79 Å². The van der Waals surface area contributed by atoms with E-state index in [4.69, 9.17) is 5.73 Å². The van der Waals surface area contributed by atoms with Crippen LogP contribution in [0.1, 0.15) is 58.8 Å². The average Bonchev–Trinajstić information content (AvgIpc) is 2.98. The first-order chi connectivity index (χ1) is 11.0. The van der Waals surface area contributed by atoms with Gasteiger partial charge in [0.25, 0.3) is 0 Å². The van der Waals surface area contributed by atoms with E-state index in [2.05, 4.69) is 36.7 Å². The molecule has 0 aromatic rings. The van der Waals surface area contributed by atoms with Crippen molar-refractivity contribution in [1.82, 2.24) is 10.2 Å². The lowest BCUT2D eigenvalue weighted by Crippen LogP contribution is -2.51. The number of rotatable bonds is 7. The Morgan fingerprint density at radius 1 is 1.30 bits per heavy atom. The molecule has 0 spiro atoms. The smallest absolute Gasteiger partial charge is 0.239 e. The number of nitrogens with zero attached hydrogens (tertiary/aromatic N) is 1. The van der Waals surface area contributed by atoms with E-state index in [0.717, 1.165) is 32.5 Å². The molecule has 134 valence electrons. The SMILES string of the molecule is CCC(C)[C@H](N)C(=O)N(CC1CCCCC1)CC1CC(S)CN1. The van der Waals surface area contributed by atoms with Gasteiger partial charge in [-0.15, -0.1) is 0 Å². The third-order valence-electron chi connectivity index (χ3n) is 5.70. The minimum Gasteiger partial charge on any atom is -0.340 e. The first kappa shape index (κ1) is 19.1. The minimum absolute atomic E-state index is 0.148. The predicted octanol–water partition coefficient (Wildman–Crippen LogP) is 2.43. The van der Waals surface area contributed by atoms with Crippen LogP contribution in [-0.2, 0) is 4.79 Å². The maximum atomic E-state index is 12.9. The Bertz CT molecular complexity index is 367. The summed E-state index contributed by atoms with van der Waals surface area (Å²) in [7, 11) is 0. The van der Waals surface area contributed by atoms with Crippen molar-refractivity contribution in [3.8, 4) is 0 Å². The molecule has 2 rings (SSSR count). The Morgan fingerprint density at radius 3 is 2.57 bits per heavy atom. The van der Waals surface area contributed by atoms with Crippen molar-refractivity contribution in [1.29, 1.82) is 0 Å². The number of amides is 1. The van der Waals surface area contributed by atoms with Gasteiger partial charge in [0, 0.05) is 30.9 Å². The van der Waals surface area contributed by atoms with Crippen molar-refractivity contribution in [3.05, 3.63) is 0 Å². The van der Waals surface area contributed by atoms with Crippen LogP contribution in [0.2, 0.25) is 0 Å². The molecule has 1 aliphatic carbocycles. The standard InChI is InChI=1S/C18H35N3OS/c1-3-13(2)17(19)18(22)21(11-14-7-5-4-6-8-14)12-15-9-16(23)10-20-15/h13-17,20,23H,3-12,19H2,1-2H3/t13?,15?,16?,17-/m0/s1. The topological polar surface area (TPSA) is 58.4 Å². The second-order valence-electron chi connectivity index (χ2n) is 7.65. The number of hydrogen-bond donors (Lipinski definition) is 3. The molecule has 0 aromatic heterocycles. The van der Waals surface area contributed by atoms with Crippen molar-refractivity contribution in [3.63, 3.8) is 0 Å². The highest BCUT2D eigenvalue weighted by Gasteiger charge is 2.31. The van der Waals surface area contributed by atoms with Gasteiger partial charge in [-0.3, -0.25) is 4.79 Å². The number of carbonyl (C=O) groups excluding carboxylic acids is 1. The summed E-state index contributed by atoms with van der Waals surface area (Å²) in [6.45, 7) is 6.80. The molecule has 0 aromatic carbocycles. The van der Waals surface area contributed by atoms with Crippen LogP contribution in [0, 0.1) is 11.8 Å². The normalized spacial score (nSPS) is 28.5. The molecule has 2 aliphatic rings. The fraction of sp³-hybridized carbons (Fsp3) is 0.944. The summed E-state index contributed by atoms with van der Waals surface area (Å²) >= 11 is 4.55. The van der Waals surface area contributed by atoms with E-state index in [1.807, 2.05) is 0 Å². The highest BCUT2D eigenvalue weighted by Crippen LogP contribution is 2.25. The molecule has 3 unspecified atom stereocenters. The third kappa shape index (κ3) is 5.64. The zero-order valence-electron chi connectivity index (χ0n) is 14.8. The summed E-state index contributed by atoms with van der Waals surface area (Å²) in [6, 6.07) is 0.00552. The number of carbonyl (C=O) groups is 1. The zero-order valence-corrected chi connectivity index (χ0v) is 15.7. The van der Waals surface area contributed by atoms with Gasteiger partial charge < -0.3 is 16.0 Å². The van der Waals surface area contributed by atoms with Gasteiger partial charge in [-0.25, -0.2) is 0 Å². The highest BCUT2D eigenvalue weighted by molar-refractivity contribution is 7.81. The van der Waals surface area contributed by atoms with Gasteiger partial charge in [0.1, 0.15) is 0 Å². The first-order valence-corrected chi connectivity index (χ1v) is 9.98. The fourth-order valence-electron chi connectivity index (χ4n) is 3.85. The lowest BCUT2D eigenvalue weighted by molar-refractivity contribution is -0.135. The molecular formula is C18H35N3OS. The number of nitrogens with two attached hydrogens (primary N) is 1. The zero-order chi connectivity index (χ0) is 16.8. The summed E-state index contributed by atoms with van der Waals surface area (Å²) in [6.07, 6.45) is 8.48. The van der Waals surface area contributed by atoms with Crippen LogP contribution in [-0.4, -0.2) is 47.8 Å². The van der Waals surface area contributed by atoms with E-state index in [-0.39, 0.29) is 17.9 Å². The van der Waals surface area contributed by atoms with E-state index in [9.17, 15) is 4.79 Å². The van der Waals surface area contributed by atoms with Gasteiger partial charge in [-0.2, -0.15) is 12.6 Å². The summed E-state index contributed by atoms with van der Waals surface area (Å²) < 4.78 is 0. The third-order valence-corrected chi connectivity index (χ3v) is 6.09. The number of thiol groups is 1. The van der Waals surface area contributed by atoms with Gasteiger partial charge in [0.15, 0.2) is 0 Å². The van der Waals surface area contributed by atoms with E-state index >= 15 is 0 Å². The second-order valence-corrected chi connectivity index (χ2v) is 8.38. The summed E-state index contributed by atoms with van der Waals surface area (Å²) in [5, 5.41) is 3.91. The van der Waals surface area contributed by atoms with E-state index < -0.39 is 0 Å². The average molecular weight is 342 g/mol. The maximum absolute atomic E-state index is 12.9.